The standard InChI is InChI=1S/C12H17ClN6O/c1-6(9-7(2)18-20-8(9)3)14-11-15-10(13)16-12(17-11)19(4)5/h6H,1-5H3,(H,14,15,16,17). The van der Waals surface area contributed by atoms with E-state index in [1.54, 1.807) is 4.90 Å². The van der Waals surface area contributed by atoms with E-state index in [0.717, 1.165) is 17.0 Å². The van der Waals surface area contributed by atoms with Crippen LogP contribution in [0.5, 0.6) is 0 Å². The first-order valence-electron chi connectivity index (χ1n) is 6.16. The number of hydrogen-bond acceptors (Lipinski definition) is 7. The van der Waals surface area contributed by atoms with E-state index >= 15 is 0 Å². The van der Waals surface area contributed by atoms with Gasteiger partial charge in [-0.3, -0.25) is 0 Å². The van der Waals surface area contributed by atoms with Crippen molar-refractivity contribution in [2.45, 2.75) is 26.8 Å². The van der Waals surface area contributed by atoms with Crippen molar-refractivity contribution in [3.05, 3.63) is 22.3 Å². The second-order valence-electron chi connectivity index (χ2n) is 4.73. The minimum atomic E-state index is -0.0465. The maximum absolute atomic E-state index is 5.91. The number of anilines is 2. The van der Waals surface area contributed by atoms with Crippen LogP contribution in [0.1, 0.15) is 30.0 Å². The Bertz CT molecular complexity index is 592. The average molecular weight is 297 g/mol. The van der Waals surface area contributed by atoms with Crippen LogP contribution in [-0.4, -0.2) is 34.2 Å². The minimum Gasteiger partial charge on any atom is -0.361 e. The average Bonchev–Trinajstić information content (AvgIpc) is 2.68. The highest BCUT2D eigenvalue weighted by molar-refractivity contribution is 6.28. The molecule has 1 N–H and O–H groups in total. The molecule has 0 aliphatic carbocycles. The van der Waals surface area contributed by atoms with Crippen molar-refractivity contribution in [2.75, 3.05) is 24.3 Å². The van der Waals surface area contributed by atoms with Gasteiger partial charge in [-0.25, -0.2) is 0 Å². The lowest BCUT2D eigenvalue weighted by Gasteiger charge is -2.15. The van der Waals surface area contributed by atoms with E-state index in [2.05, 4.69) is 25.4 Å². The fourth-order valence-electron chi connectivity index (χ4n) is 1.98. The molecule has 0 fully saturated rings. The van der Waals surface area contributed by atoms with E-state index < -0.39 is 0 Å². The predicted octanol–water partition coefficient (Wildman–Crippen LogP) is 2.37. The molecule has 108 valence electrons. The van der Waals surface area contributed by atoms with Crippen LogP contribution < -0.4 is 10.2 Å². The number of aryl methyl sites for hydroxylation is 2. The van der Waals surface area contributed by atoms with E-state index in [1.807, 2.05) is 34.9 Å². The molecule has 7 nitrogen and oxygen atoms in total. The van der Waals surface area contributed by atoms with Crippen molar-refractivity contribution in [3.8, 4) is 0 Å². The highest BCUT2D eigenvalue weighted by atomic mass is 35.5. The highest BCUT2D eigenvalue weighted by Gasteiger charge is 2.18. The molecule has 2 heterocycles. The van der Waals surface area contributed by atoms with Crippen LogP contribution in [-0.2, 0) is 0 Å². The molecule has 0 saturated heterocycles. The summed E-state index contributed by atoms with van der Waals surface area (Å²) in [4.78, 5) is 14.2. The zero-order valence-corrected chi connectivity index (χ0v) is 12.9. The quantitative estimate of drug-likeness (QED) is 0.927. The Morgan fingerprint density at radius 1 is 1.20 bits per heavy atom. The minimum absolute atomic E-state index is 0.0465. The van der Waals surface area contributed by atoms with E-state index in [9.17, 15) is 0 Å². The summed E-state index contributed by atoms with van der Waals surface area (Å²) < 4.78 is 5.16. The fraction of sp³-hybridized carbons (Fsp3) is 0.500. The monoisotopic (exact) mass is 296 g/mol. The van der Waals surface area contributed by atoms with Crippen molar-refractivity contribution in [3.63, 3.8) is 0 Å². The second kappa shape index (κ2) is 5.62. The zero-order valence-electron chi connectivity index (χ0n) is 12.1. The Kier molecular flexibility index (Phi) is 4.08. The molecule has 1 atom stereocenters. The van der Waals surface area contributed by atoms with E-state index in [0.29, 0.717) is 11.9 Å². The molecular formula is C12H17ClN6O. The molecule has 0 aliphatic rings. The van der Waals surface area contributed by atoms with Gasteiger partial charge in [0.1, 0.15) is 5.76 Å². The number of halogens is 1. The predicted molar refractivity (Wildman–Crippen MR) is 77.2 cm³/mol. The Morgan fingerprint density at radius 2 is 1.90 bits per heavy atom. The summed E-state index contributed by atoms with van der Waals surface area (Å²) in [7, 11) is 3.68. The van der Waals surface area contributed by atoms with Gasteiger partial charge in [0.2, 0.25) is 17.2 Å². The molecule has 2 aromatic rings. The highest BCUT2D eigenvalue weighted by Crippen LogP contribution is 2.24. The first kappa shape index (κ1) is 14.5. The van der Waals surface area contributed by atoms with Gasteiger partial charge >= 0.3 is 0 Å². The maximum Gasteiger partial charge on any atom is 0.230 e. The SMILES string of the molecule is Cc1noc(C)c1C(C)Nc1nc(Cl)nc(N(C)C)n1. The Labute approximate surface area is 122 Å². The first-order valence-corrected chi connectivity index (χ1v) is 6.54. The maximum atomic E-state index is 5.91. The van der Waals surface area contributed by atoms with Gasteiger partial charge in [-0.05, 0) is 32.4 Å². The summed E-state index contributed by atoms with van der Waals surface area (Å²) >= 11 is 5.91. The van der Waals surface area contributed by atoms with Gasteiger partial charge in [0.05, 0.1) is 11.7 Å². The molecule has 0 saturated carbocycles. The Balaban J connectivity index is 2.26. The molecular weight excluding hydrogens is 280 g/mol. The van der Waals surface area contributed by atoms with Gasteiger partial charge < -0.3 is 14.7 Å². The van der Waals surface area contributed by atoms with Gasteiger partial charge in [-0.2, -0.15) is 15.0 Å². The van der Waals surface area contributed by atoms with E-state index in [1.165, 1.54) is 0 Å². The largest absolute Gasteiger partial charge is 0.361 e. The molecule has 2 rings (SSSR count). The molecule has 8 heteroatoms. The van der Waals surface area contributed by atoms with Crippen molar-refractivity contribution in [2.24, 2.45) is 0 Å². The third kappa shape index (κ3) is 2.98. The van der Waals surface area contributed by atoms with Crippen LogP contribution in [0.2, 0.25) is 5.28 Å². The third-order valence-electron chi connectivity index (χ3n) is 2.86. The first-order chi connectivity index (χ1) is 9.38. The number of nitrogens with zero attached hydrogens (tertiary/aromatic N) is 5. The fourth-order valence-corrected chi connectivity index (χ4v) is 2.13. The van der Waals surface area contributed by atoms with Gasteiger partial charge in [0.25, 0.3) is 0 Å². The Hall–Kier alpha value is -1.89. The normalized spacial score (nSPS) is 12.3. The summed E-state index contributed by atoms with van der Waals surface area (Å²) in [5.41, 5.74) is 1.84. The summed E-state index contributed by atoms with van der Waals surface area (Å²) in [6.45, 7) is 5.76. The van der Waals surface area contributed by atoms with Gasteiger partial charge in [0, 0.05) is 19.7 Å². The van der Waals surface area contributed by atoms with Gasteiger partial charge in [-0.15, -0.1) is 0 Å². The van der Waals surface area contributed by atoms with Gasteiger partial charge in [-0.1, -0.05) is 5.16 Å². The lowest BCUT2D eigenvalue weighted by molar-refractivity contribution is 0.392. The van der Waals surface area contributed by atoms with E-state index in [-0.39, 0.29) is 11.3 Å². The molecule has 0 aromatic carbocycles. The van der Waals surface area contributed by atoms with E-state index in [4.69, 9.17) is 16.1 Å². The van der Waals surface area contributed by atoms with Crippen molar-refractivity contribution >= 4 is 23.5 Å². The summed E-state index contributed by atoms with van der Waals surface area (Å²) in [5.74, 6) is 1.69. The molecule has 20 heavy (non-hydrogen) atoms. The molecule has 0 spiro atoms. The van der Waals surface area contributed by atoms with Crippen LogP contribution in [0.15, 0.2) is 4.52 Å². The zero-order chi connectivity index (χ0) is 14.9. The van der Waals surface area contributed by atoms with Crippen LogP contribution in [0.4, 0.5) is 11.9 Å². The van der Waals surface area contributed by atoms with Crippen LogP contribution in [0, 0.1) is 13.8 Å². The molecule has 0 amide bonds. The molecule has 0 bridgehead atoms. The number of nitrogens with one attached hydrogen (secondary N) is 1. The molecule has 2 aromatic heterocycles. The van der Waals surface area contributed by atoms with Gasteiger partial charge in [0.15, 0.2) is 0 Å². The summed E-state index contributed by atoms with van der Waals surface area (Å²) in [6.07, 6.45) is 0. The Morgan fingerprint density at radius 3 is 2.45 bits per heavy atom. The third-order valence-corrected chi connectivity index (χ3v) is 3.03. The topological polar surface area (TPSA) is 80.0 Å². The van der Waals surface area contributed by atoms with Crippen LogP contribution >= 0.6 is 11.6 Å². The van der Waals surface area contributed by atoms with Crippen molar-refractivity contribution in [1.29, 1.82) is 0 Å². The summed E-state index contributed by atoms with van der Waals surface area (Å²) in [5, 5.41) is 7.28. The number of aromatic nitrogens is 4. The molecule has 0 radical (unpaired) electrons. The number of rotatable bonds is 4. The molecule has 0 aliphatic heterocycles. The van der Waals surface area contributed by atoms with Crippen LogP contribution in [0.25, 0.3) is 0 Å². The van der Waals surface area contributed by atoms with Crippen LogP contribution in [0.3, 0.4) is 0 Å². The smallest absolute Gasteiger partial charge is 0.230 e. The second-order valence-corrected chi connectivity index (χ2v) is 5.06. The lowest BCUT2D eigenvalue weighted by Crippen LogP contribution is -2.17. The summed E-state index contributed by atoms with van der Waals surface area (Å²) in [6, 6.07) is -0.0465. The molecule has 1 unspecified atom stereocenters. The van der Waals surface area contributed by atoms with Crippen molar-refractivity contribution < 1.29 is 4.52 Å². The lowest BCUT2D eigenvalue weighted by atomic mass is 10.1. The number of hydrogen-bond donors (Lipinski definition) is 1. The van der Waals surface area contributed by atoms with Crippen molar-refractivity contribution in [1.82, 2.24) is 20.1 Å².